The lowest BCUT2D eigenvalue weighted by atomic mass is 10.00. The topological polar surface area (TPSA) is 89.1 Å². The lowest BCUT2D eigenvalue weighted by Gasteiger charge is -2.31. The maximum absolute atomic E-state index is 12.5. The van der Waals surface area contributed by atoms with Gasteiger partial charge in [-0.1, -0.05) is 23.8 Å². The lowest BCUT2D eigenvalue weighted by molar-refractivity contribution is -0.115. The molecule has 146 valence electrons. The molecule has 0 spiro atoms. The fourth-order valence-corrected chi connectivity index (χ4v) is 4.21. The molecule has 0 aromatic carbocycles. The average Bonchev–Trinajstić information content (AvgIpc) is 3.28. The van der Waals surface area contributed by atoms with Gasteiger partial charge in [0.2, 0.25) is 11.9 Å². The average molecular weight is 391 g/mol. The van der Waals surface area contributed by atoms with Crippen LogP contribution in [0.5, 0.6) is 0 Å². The summed E-state index contributed by atoms with van der Waals surface area (Å²) in [5, 5.41) is 16.0. The summed E-state index contributed by atoms with van der Waals surface area (Å²) in [7, 11) is 0. The van der Waals surface area contributed by atoms with Crippen LogP contribution in [0.1, 0.15) is 51.3 Å². The van der Waals surface area contributed by atoms with Crippen LogP contribution in [0, 0.1) is 12.8 Å². The number of aryl methyl sites for hydroxylation is 1. The molecular formula is C18H26N6O2S. The number of thioether (sulfide) groups is 1. The summed E-state index contributed by atoms with van der Waals surface area (Å²) in [4.78, 5) is 14.8. The van der Waals surface area contributed by atoms with Crippen molar-refractivity contribution in [2.75, 3.05) is 23.3 Å². The third kappa shape index (κ3) is 4.12. The molecule has 4 rings (SSSR count). The number of aromatic nitrogens is 4. The van der Waals surface area contributed by atoms with Gasteiger partial charge in [0.05, 0.1) is 5.25 Å². The summed E-state index contributed by atoms with van der Waals surface area (Å²) in [5.41, 5.74) is 0. The Kier molecular flexibility index (Phi) is 5.12. The second-order valence-corrected chi connectivity index (χ2v) is 8.93. The van der Waals surface area contributed by atoms with E-state index in [-0.39, 0.29) is 11.2 Å². The van der Waals surface area contributed by atoms with Crippen LogP contribution in [0.25, 0.3) is 0 Å². The molecule has 2 aromatic rings. The fraction of sp³-hybridized carbons (Fsp3) is 0.667. The standard InChI is InChI=1S/C18H26N6O2S/c1-11-6-8-23(9-7-11)17-20-21-18(24(17)14-4-5-14)27-13(3)16(25)19-15-10-12(2)26-22-15/h10-11,13-14H,4-9H2,1-3H3,(H,19,22,25). The van der Waals surface area contributed by atoms with Crippen molar-refractivity contribution in [2.45, 2.75) is 62.9 Å². The highest BCUT2D eigenvalue weighted by molar-refractivity contribution is 8.00. The number of nitrogens with one attached hydrogen (secondary N) is 1. The van der Waals surface area contributed by atoms with Crippen molar-refractivity contribution in [3.8, 4) is 0 Å². The van der Waals surface area contributed by atoms with Crippen molar-refractivity contribution >= 4 is 29.4 Å². The molecule has 1 aliphatic heterocycles. The molecular weight excluding hydrogens is 364 g/mol. The van der Waals surface area contributed by atoms with Gasteiger partial charge in [-0.25, -0.2) is 0 Å². The lowest BCUT2D eigenvalue weighted by Crippen LogP contribution is -2.34. The second kappa shape index (κ2) is 7.53. The Morgan fingerprint density at radius 2 is 2.04 bits per heavy atom. The number of nitrogens with zero attached hydrogens (tertiary/aromatic N) is 5. The minimum absolute atomic E-state index is 0.119. The van der Waals surface area contributed by atoms with Gasteiger partial charge in [-0.15, -0.1) is 10.2 Å². The van der Waals surface area contributed by atoms with E-state index < -0.39 is 0 Å². The molecule has 1 saturated heterocycles. The van der Waals surface area contributed by atoms with Crippen molar-refractivity contribution in [1.82, 2.24) is 19.9 Å². The van der Waals surface area contributed by atoms with Gasteiger partial charge < -0.3 is 14.7 Å². The molecule has 1 amide bonds. The summed E-state index contributed by atoms with van der Waals surface area (Å²) in [6, 6.07) is 2.17. The summed E-state index contributed by atoms with van der Waals surface area (Å²) in [6.07, 6.45) is 4.69. The van der Waals surface area contributed by atoms with Crippen LogP contribution in [0.15, 0.2) is 15.7 Å². The Labute approximate surface area is 163 Å². The van der Waals surface area contributed by atoms with Crippen LogP contribution in [0.2, 0.25) is 0 Å². The van der Waals surface area contributed by atoms with Gasteiger partial charge in [0.1, 0.15) is 5.76 Å². The summed E-state index contributed by atoms with van der Waals surface area (Å²) >= 11 is 1.45. The Morgan fingerprint density at radius 3 is 2.67 bits per heavy atom. The summed E-state index contributed by atoms with van der Waals surface area (Å²) < 4.78 is 7.24. The molecule has 1 aliphatic carbocycles. The van der Waals surface area contributed by atoms with Gasteiger partial charge in [-0.05, 0) is 45.4 Å². The van der Waals surface area contributed by atoms with Gasteiger partial charge in [0.25, 0.3) is 0 Å². The maximum Gasteiger partial charge on any atom is 0.238 e. The van der Waals surface area contributed by atoms with Gasteiger partial charge >= 0.3 is 0 Å². The van der Waals surface area contributed by atoms with Crippen molar-refractivity contribution in [1.29, 1.82) is 0 Å². The van der Waals surface area contributed by atoms with E-state index in [4.69, 9.17) is 4.52 Å². The molecule has 27 heavy (non-hydrogen) atoms. The van der Waals surface area contributed by atoms with Gasteiger partial charge in [-0.2, -0.15) is 0 Å². The van der Waals surface area contributed by atoms with Crippen molar-refractivity contribution in [3.63, 3.8) is 0 Å². The van der Waals surface area contributed by atoms with Crippen LogP contribution < -0.4 is 10.2 Å². The highest BCUT2D eigenvalue weighted by Gasteiger charge is 2.33. The number of hydrogen-bond donors (Lipinski definition) is 1. The molecule has 2 fully saturated rings. The van der Waals surface area contributed by atoms with E-state index in [1.165, 1.54) is 24.6 Å². The molecule has 8 nitrogen and oxygen atoms in total. The SMILES string of the molecule is Cc1cc(NC(=O)C(C)Sc2nnc(N3CCC(C)CC3)n2C2CC2)no1. The molecule has 2 aromatic heterocycles. The van der Waals surface area contributed by atoms with Crippen molar-refractivity contribution < 1.29 is 9.32 Å². The second-order valence-electron chi connectivity index (χ2n) is 7.63. The van der Waals surface area contributed by atoms with E-state index in [9.17, 15) is 4.79 Å². The first-order valence-electron chi connectivity index (χ1n) is 9.62. The van der Waals surface area contributed by atoms with E-state index >= 15 is 0 Å². The molecule has 1 saturated carbocycles. The number of piperidine rings is 1. The largest absolute Gasteiger partial charge is 0.360 e. The van der Waals surface area contributed by atoms with Crippen LogP contribution >= 0.6 is 11.8 Å². The zero-order chi connectivity index (χ0) is 19.0. The molecule has 0 bridgehead atoms. The highest BCUT2D eigenvalue weighted by Crippen LogP contribution is 2.42. The van der Waals surface area contributed by atoms with Crippen LogP contribution in [-0.4, -0.2) is 44.2 Å². The number of carbonyl (C=O) groups excluding carboxylic acids is 1. The quantitative estimate of drug-likeness (QED) is 0.757. The van der Waals surface area contributed by atoms with E-state index in [0.29, 0.717) is 17.6 Å². The summed E-state index contributed by atoms with van der Waals surface area (Å²) in [6.45, 7) is 8.03. The monoisotopic (exact) mass is 390 g/mol. The Balaban J connectivity index is 1.46. The Hall–Kier alpha value is -2.03. The molecule has 2 aliphatic rings. The van der Waals surface area contributed by atoms with Crippen LogP contribution in [0.4, 0.5) is 11.8 Å². The Bertz CT molecular complexity index is 807. The normalized spacial score (nSPS) is 19.3. The van der Waals surface area contributed by atoms with Crippen LogP contribution in [-0.2, 0) is 4.79 Å². The summed E-state index contributed by atoms with van der Waals surface area (Å²) in [5.74, 6) is 2.73. The van der Waals surface area contributed by atoms with Crippen molar-refractivity contribution in [3.05, 3.63) is 11.8 Å². The number of hydrogen-bond acceptors (Lipinski definition) is 7. The first-order valence-corrected chi connectivity index (χ1v) is 10.5. The molecule has 3 heterocycles. The van der Waals surface area contributed by atoms with E-state index in [2.05, 4.69) is 37.1 Å². The fourth-order valence-electron chi connectivity index (χ4n) is 3.29. The minimum Gasteiger partial charge on any atom is -0.360 e. The first kappa shape index (κ1) is 18.3. The predicted octanol–water partition coefficient (Wildman–Crippen LogP) is 3.27. The third-order valence-corrected chi connectivity index (χ3v) is 6.21. The van der Waals surface area contributed by atoms with E-state index in [1.54, 1.807) is 13.0 Å². The van der Waals surface area contributed by atoms with E-state index in [0.717, 1.165) is 43.0 Å². The Morgan fingerprint density at radius 1 is 1.30 bits per heavy atom. The van der Waals surface area contributed by atoms with E-state index in [1.807, 2.05) is 6.92 Å². The first-order chi connectivity index (χ1) is 13.0. The molecule has 1 N–H and O–H groups in total. The number of rotatable bonds is 6. The molecule has 1 atom stereocenters. The molecule has 9 heteroatoms. The maximum atomic E-state index is 12.5. The minimum atomic E-state index is -0.307. The van der Waals surface area contributed by atoms with Gasteiger partial charge in [0.15, 0.2) is 11.0 Å². The number of carbonyl (C=O) groups is 1. The third-order valence-electron chi connectivity index (χ3n) is 5.16. The van der Waals surface area contributed by atoms with Gasteiger partial charge in [0, 0.05) is 25.2 Å². The highest BCUT2D eigenvalue weighted by atomic mass is 32.2. The number of anilines is 2. The molecule has 0 radical (unpaired) electrons. The zero-order valence-electron chi connectivity index (χ0n) is 16.0. The van der Waals surface area contributed by atoms with Crippen molar-refractivity contribution in [2.24, 2.45) is 5.92 Å². The predicted molar refractivity (Wildman–Crippen MR) is 104 cm³/mol. The smallest absolute Gasteiger partial charge is 0.238 e. The molecule has 1 unspecified atom stereocenters. The zero-order valence-corrected chi connectivity index (χ0v) is 16.8. The number of amides is 1. The van der Waals surface area contributed by atoms with Gasteiger partial charge in [-0.3, -0.25) is 9.36 Å². The van der Waals surface area contributed by atoms with Crippen LogP contribution in [0.3, 0.4) is 0 Å².